The SMILES string of the molecule is Cc1ccc(C(=O)N(C)Cc2cccc(Br)c2)c(NN)c1. The van der Waals surface area contributed by atoms with Crippen LogP contribution < -0.4 is 11.3 Å². The summed E-state index contributed by atoms with van der Waals surface area (Å²) in [5, 5.41) is 0. The van der Waals surface area contributed by atoms with Crippen LogP contribution in [0.1, 0.15) is 21.5 Å². The number of hydrogen-bond acceptors (Lipinski definition) is 3. The van der Waals surface area contributed by atoms with Gasteiger partial charge in [0, 0.05) is 18.1 Å². The van der Waals surface area contributed by atoms with E-state index in [1.165, 1.54) is 0 Å². The first-order chi connectivity index (χ1) is 10.0. The van der Waals surface area contributed by atoms with Crippen LogP contribution in [0.5, 0.6) is 0 Å². The maximum absolute atomic E-state index is 12.5. The van der Waals surface area contributed by atoms with E-state index in [4.69, 9.17) is 5.84 Å². The lowest BCUT2D eigenvalue weighted by molar-refractivity contribution is 0.0786. The van der Waals surface area contributed by atoms with Crippen molar-refractivity contribution in [1.29, 1.82) is 0 Å². The molecule has 0 bridgehead atoms. The third-order valence-electron chi connectivity index (χ3n) is 3.22. The Hall–Kier alpha value is -1.85. The zero-order chi connectivity index (χ0) is 15.4. The largest absolute Gasteiger partial charge is 0.337 e. The van der Waals surface area contributed by atoms with E-state index in [1.54, 1.807) is 18.0 Å². The number of nitrogens with zero attached hydrogens (tertiary/aromatic N) is 1. The zero-order valence-corrected chi connectivity index (χ0v) is 13.6. The molecule has 1 amide bonds. The molecule has 2 aromatic carbocycles. The molecule has 0 fully saturated rings. The van der Waals surface area contributed by atoms with Gasteiger partial charge in [0.1, 0.15) is 0 Å². The standard InChI is InChI=1S/C16H18BrN3O/c1-11-6-7-14(15(8-11)19-18)16(21)20(2)10-12-4-3-5-13(17)9-12/h3-9,19H,10,18H2,1-2H3. The Kier molecular flexibility index (Phi) is 4.98. The predicted molar refractivity (Wildman–Crippen MR) is 88.9 cm³/mol. The molecule has 0 aliphatic rings. The van der Waals surface area contributed by atoms with E-state index in [9.17, 15) is 4.79 Å². The van der Waals surface area contributed by atoms with Gasteiger partial charge in [0.05, 0.1) is 11.3 Å². The van der Waals surface area contributed by atoms with Gasteiger partial charge in [0.15, 0.2) is 0 Å². The monoisotopic (exact) mass is 347 g/mol. The minimum absolute atomic E-state index is 0.0667. The average Bonchev–Trinajstić information content (AvgIpc) is 2.46. The van der Waals surface area contributed by atoms with Gasteiger partial charge >= 0.3 is 0 Å². The van der Waals surface area contributed by atoms with Gasteiger partial charge in [-0.1, -0.05) is 34.1 Å². The van der Waals surface area contributed by atoms with Gasteiger partial charge in [-0.05, 0) is 42.3 Å². The van der Waals surface area contributed by atoms with Gasteiger partial charge in [-0.15, -0.1) is 0 Å². The van der Waals surface area contributed by atoms with Crippen LogP contribution in [0, 0.1) is 6.92 Å². The number of nitrogen functional groups attached to an aromatic ring is 1. The normalized spacial score (nSPS) is 10.3. The van der Waals surface area contributed by atoms with Crippen molar-refractivity contribution in [3.8, 4) is 0 Å². The van der Waals surface area contributed by atoms with E-state index in [0.29, 0.717) is 17.8 Å². The molecule has 0 saturated heterocycles. The lowest BCUT2D eigenvalue weighted by atomic mass is 10.1. The highest BCUT2D eigenvalue weighted by Gasteiger charge is 2.16. The molecule has 110 valence electrons. The molecule has 0 aliphatic heterocycles. The van der Waals surface area contributed by atoms with E-state index >= 15 is 0 Å². The molecule has 0 aromatic heterocycles. The molecule has 0 aliphatic carbocycles. The van der Waals surface area contributed by atoms with Crippen molar-refractivity contribution in [2.24, 2.45) is 5.84 Å². The molecule has 2 aromatic rings. The molecule has 0 unspecified atom stereocenters. The molecular formula is C16H18BrN3O. The van der Waals surface area contributed by atoms with Crippen molar-refractivity contribution < 1.29 is 4.79 Å². The van der Waals surface area contributed by atoms with Crippen molar-refractivity contribution >= 4 is 27.5 Å². The van der Waals surface area contributed by atoms with E-state index in [0.717, 1.165) is 15.6 Å². The summed E-state index contributed by atoms with van der Waals surface area (Å²) in [4.78, 5) is 14.2. The third kappa shape index (κ3) is 3.83. The number of amides is 1. The van der Waals surface area contributed by atoms with Crippen molar-refractivity contribution in [3.05, 3.63) is 63.6 Å². The minimum atomic E-state index is -0.0667. The summed E-state index contributed by atoms with van der Waals surface area (Å²) in [6.45, 7) is 2.50. The number of anilines is 1. The highest BCUT2D eigenvalue weighted by Crippen LogP contribution is 2.19. The molecule has 0 atom stereocenters. The Morgan fingerprint density at radius 1 is 1.29 bits per heavy atom. The van der Waals surface area contributed by atoms with Crippen LogP contribution in [-0.4, -0.2) is 17.9 Å². The second kappa shape index (κ2) is 6.74. The lowest BCUT2D eigenvalue weighted by Gasteiger charge is -2.19. The van der Waals surface area contributed by atoms with E-state index in [2.05, 4.69) is 21.4 Å². The number of benzene rings is 2. The first kappa shape index (κ1) is 15.5. The predicted octanol–water partition coefficient (Wildman–Crippen LogP) is 3.32. The lowest BCUT2D eigenvalue weighted by Crippen LogP contribution is -2.27. The Morgan fingerprint density at radius 3 is 2.71 bits per heavy atom. The first-order valence-corrected chi connectivity index (χ1v) is 7.37. The van der Waals surface area contributed by atoms with Crippen LogP contribution in [-0.2, 0) is 6.54 Å². The van der Waals surface area contributed by atoms with Crippen LogP contribution in [0.2, 0.25) is 0 Å². The quantitative estimate of drug-likeness (QED) is 0.658. The van der Waals surface area contributed by atoms with Gasteiger partial charge in [-0.3, -0.25) is 10.6 Å². The number of carbonyl (C=O) groups excluding carboxylic acids is 1. The van der Waals surface area contributed by atoms with Crippen molar-refractivity contribution in [3.63, 3.8) is 0 Å². The van der Waals surface area contributed by atoms with E-state index < -0.39 is 0 Å². The summed E-state index contributed by atoms with van der Waals surface area (Å²) in [5.74, 6) is 5.44. The molecule has 2 rings (SSSR count). The Bertz CT molecular complexity index is 658. The second-order valence-electron chi connectivity index (χ2n) is 4.98. The molecule has 3 N–H and O–H groups in total. The highest BCUT2D eigenvalue weighted by molar-refractivity contribution is 9.10. The third-order valence-corrected chi connectivity index (χ3v) is 3.71. The van der Waals surface area contributed by atoms with Crippen LogP contribution >= 0.6 is 15.9 Å². The van der Waals surface area contributed by atoms with E-state index in [-0.39, 0.29) is 5.91 Å². The highest BCUT2D eigenvalue weighted by atomic mass is 79.9. The molecule has 0 heterocycles. The second-order valence-corrected chi connectivity index (χ2v) is 5.90. The molecular weight excluding hydrogens is 330 g/mol. The number of nitrogens with one attached hydrogen (secondary N) is 1. The number of aryl methyl sites for hydroxylation is 1. The maximum Gasteiger partial charge on any atom is 0.256 e. The number of hydrogen-bond donors (Lipinski definition) is 2. The Labute approximate surface area is 133 Å². The fourth-order valence-electron chi connectivity index (χ4n) is 2.15. The molecule has 0 radical (unpaired) electrons. The fourth-order valence-corrected chi connectivity index (χ4v) is 2.60. The number of carbonyl (C=O) groups is 1. The maximum atomic E-state index is 12.5. The number of nitrogens with two attached hydrogens (primary N) is 1. The van der Waals surface area contributed by atoms with Crippen LogP contribution in [0.3, 0.4) is 0 Å². The van der Waals surface area contributed by atoms with Gasteiger partial charge in [0.2, 0.25) is 0 Å². The van der Waals surface area contributed by atoms with Crippen molar-refractivity contribution in [1.82, 2.24) is 4.90 Å². The van der Waals surface area contributed by atoms with Crippen LogP contribution in [0.15, 0.2) is 46.9 Å². The summed E-state index contributed by atoms with van der Waals surface area (Å²) < 4.78 is 1.00. The van der Waals surface area contributed by atoms with Gasteiger partial charge in [0.25, 0.3) is 5.91 Å². The number of hydrazine groups is 1. The smallest absolute Gasteiger partial charge is 0.256 e. The number of rotatable bonds is 4. The van der Waals surface area contributed by atoms with Gasteiger partial charge < -0.3 is 10.3 Å². The van der Waals surface area contributed by atoms with Crippen LogP contribution in [0.25, 0.3) is 0 Å². The van der Waals surface area contributed by atoms with E-state index in [1.807, 2.05) is 43.3 Å². The molecule has 0 spiro atoms. The summed E-state index contributed by atoms with van der Waals surface area (Å²) in [7, 11) is 1.78. The summed E-state index contributed by atoms with van der Waals surface area (Å²) >= 11 is 3.43. The summed E-state index contributed by atoms with van der Waals surface area (Å²) in [5.41, 5.74) is 5.91. The molecule has 4 nitrogen and oxygen atoms in total. The summed E-state index contributed by atoms with van der Waals surface area (Å²) in [6.07, 6.45) is 0. The summed E-state index contributed by atoms with van der Waals surface area (Å²) in [6, 6.07) is 13.5. The molecule has 5 heteroatoms. The van der Waals surface area contributed by atoms with Crippen LogP contribution in [0.4, 0.5) is 5.69 Å². The minimum Gasteiger partial charge on any atom is -0.337 e. The topological polar surface area (TPSA) is 58.4 Å². The Morgan fingerprint density at radius 2 is 2.05 bits per heavy atom. The average molecular weight is 348 g/mol. The number of halogens is 1. The molecule has 0 saturated carbocycles. The fraction of sp³-hybridized carbons (Fsp3) is 0.188. The van der Waals surface area contributed by atoms with Crippen molar-refractivity contribution in [2.75, 3.05) is 12.5 Å². The van der Waals surface area contributed by atoms with Gasteiger partial charge in [-0.25, -0.2) is 0 Å². The molecule has 21 heavy (non-hydrogen) atoms. The first-order valence-electron chi connectivity index (χ1n) is 6.58. The zero-order valence-electron chi connectivity index (χ0n) is 12.1. The van der Waals surface area contributed by atoms with Gasteiger partial charge in [-0.2, -0.15) is 0 Å². The Balaban J connectivity index is 2.19. The van der Waals surface area contributed by atoms with Crippen molar-refractivity contribution in [2.45, 2.75) is 13.5 Å².